The molecule has 0 spiro atoms. The summed E-state index contributed by atoms with van der Waals surface area (Å²) in [4.78, 5) is 23.6. The van der Waals surface area contributed by atoms with Crippen molar-refractivity contribution in [2.24, 2.45) is 0 Å². The molecule has 132 valence electrons. The third-order valence-electron chi connectivity index (χ3n) is 3.46. The number of carbonyl (C=O) groups is 2. The number of carboxylic acid groups (broad SMARTS) is 1. The predicted molar refractivity (Wildman–Crippen MR) is 88.2 cm³/mol. The van der Waals surface area contributed by atoms with Crippen molar-refractivity contribution in [3.8, 4) is 0 Å². The molecule has 8 heteroatoms. The molecule has 0 aliphatic carbocycles. The second kappa shape index (κ2) is 7.69. The summed E-state index contributed by atoms with van der Waals surface area (Å²) in [7, 11) is 0. The Balaban J connectivity index is 2.25. The summed E-state index contributed by atoms with van der Waals surface area (Å²) in [6, 6.07) is 9.66. The van der Waals surface area contributed by atoms with Crippen LogP contribution >= 0.6 is 15.9 Å². The molecular weight excluding hydrogens is 403 g/mol. The second-order valence-electron chi connectivity index (χ2n) is 5.20. The molecule has 1 amide bonds. The van der Waals surface area contributed by atoms with Crippen LogP contribution in [0.4, 0.5) is 13.2 Å². The van der Waals surface area contributed by atoms with E-state index in [9.17, 15) is 27.9 Å². The van der Waals surface area contributed by atoms with Crippen LogP contribution in [0.15, 0.2) is 53.0 Å². The molecular formula is C17H13BrF3NO3. The van der Waals surface area contributed by atoms with Crippen molar-refractivity contribution >= 4 is 27.8 Å². The van der Waals surface area contributed by atoms with Crippen molar-refractivity contribution in [3.05, 3.63) is 69.7 Å². The van der Waals surface area contributed by atoms with E-state index in [-0.39, 0.29) is 6.42 Å². The summed E-state index contributed by atoms with van der Waals surface area (Å²) in [6.07, 6.45) is -4.79. The van der Waals surface area contributed by atoms with E-state index in [4.69, 9.17) is 0 Å². The van der Waals surface area contributed by atoms with Crippen LogP contribution in [-0.4, -0.2) is 23.0 Å². The Labute approximate surface area is 149 Å². The van der Waals surface area contributed by atoms with Crippen molar-refractivity contribution in [1.29, 1.82) is 0 Å². The molecule has 0 heterocycles. The molecule has 2 rings (SSSR count). The van der Waals surface area contributed by atoms with E-state index in [1.165, 1.54) is 6.07 Å². The van der Waals surface area contributed by atoms with Crippen LogP contribution in [0.25, 0.3) is 0 Å². The zero-order chi connectivity index (χ0) is 18.6. The van der Waals surface area contributed by atoms with E-state index < -0.39 is 35.2 Å². The van der Waals surface area contributed by atoms with Gasteiger partial charge in [-0.25, -0.2) is 4.79 Å². The maximum atomic E-state index is 13.0. The molecule has 2 aromatic rings. The molecule has 0 radical (unpaired) electrons. The van der Waals surface area contributed by atoms with Crippen LogP contribution in [0.1, 0.15) is 21.5 Å². The minimum atomic E-state index is -4.71. The maximum Gasteiger partial charge on any atom is 0.417 e. The minimum Gasteiger partial charge on any atom is -0.480 e. The van der Waals surface area contributed by atoms with Crippen LogP contribution in [0.2, 0.25) is 0 Å². The van der Waals surface area contributed by atoms with E-state index in [0.717, 1.165) is 18.2 Å². The van der Waals surface area contributed by atoms with Crippen LogP contribution in [-0.2, 0) is 17.4 Å². The van der Waals surface area contributed by atoms with Gasteiger partial charge < -0.3 is 10.4 Å². The summed E-state index contributed by atoms with van der Waals surface area (Å²) in [5, 5.41) is 11.5. The molecule has 4 nitrogen and oxygen atoms in total. The average Bonchev–Trinajstić information content (AvgIpc) is 2.55. The summed E-state index contributed by atoms with van der Waals surface area (Å²) in [5.41, 5.74) is -1.12. The fourth-order valence-corrected chi connectivity index (χ4v) is 2.69. The lowest BCUT2D eigenvalue weighted by Gasteiger charge is -2.17. The molecule has 0 unspecified atom stereocenters. The van der Waals surface area contributed by atoms with Gasteiger partial charge in [-0.1, -0.05) is 46.3 Å². The highest BCUT2D eigenvalue weighted by Crippen LogP contribution is 2.31. The summed E-state index contributed by atoms with van der Waals surface area (Å²) < 4.78 is 39.7. The van der Waals surface area contributed by atoms with Crippen LogP contribution in [0.5, 0.6) is 0 Å². The zero-order valence-corrected chi connectivity index (χ0v) is 14.3. The number of hydrogen-bond acceptors (Lipinski definition) is 2. The number of halogens is 4. The van der Waals surface area contributed by atoms with Gasteiger partial charge in [-0.3, -0.25) is 4.79 Å². The molecule has 0 saturated heterocycles. The lowest BCUT2D eigenvalue weighted by atomic mass is 10.0. The number of benzene rings is 2. The van der Waals surface area contributed by atoms with E-state index in [0.29, 0.717) is 10.0 Å². The number of nitrogens with one attached hydrogen (secondary N) is 1. The van der Waals surface area contributed by atoms with Gasteiger partial charge in [0.25, 0.3) is 5.91 Å². The first-order valence-electron chi connectivity index (χ1n) is 7.13. The zero-order valence-electron chi connectivity index (χ0n) is 12.7. The predicted octanol–water partition coefficient (Wildman–Crippen LogP) is 3.89. The van der Waals surface area contributed by atoms with Crippen LogP contribution < -0.4 is 5.32 Å². The van der Waals surface area contributed by atoms with Crippen molar-refractivity contribution in [2.45, 2.75) is 18.6 Å². The first kappa shape index (κ1) is 19.0. The highest BCUT2D eigenvalue weighted by molar-refractivity contribution is 9.10. The average molecular weight is 416 g/mol. The number of aliphatic carboxylic acids is 1. The van der Waals surface area contributed by atoms with Crippen LogP contribution in [0, 0.1) is 0 Å². The normalized spacial score (nSPS) is 12.5. The lowest BCUT2D eigenvalue weighted by molar-refractivity contribution is -0.139. The van der Waals surface area contributed by atoms with Crippen molar-refractivity contribution in [2.75, 3.05) is 0 Å². The van der Waals surface area contributed by atoms with Gasteiger partial charge in [0, 0.05) is 10.9 Å². The minimum absolute atomic E-state index is 0.0727. The molecule has 1 atom stereocenters. The number of rotatable bonds is 5. The highest BCUT2D eigenvalue weighted by Gasteiger charge is 2.35. The van der Waals surface area contributed by atoms with Crippen LogP contribution in [0.3, 0.4) is 0 Å². The summed E-state index contributed by atoms with van der Waals surface area (Å²) >= 11 is 3.27. The first-order chi connectivity index (χ1) is 11.7. The van der Waals surface area contributed by atoms with E-state index in [1.807, 2.05) is 0 Å². The Morgan fingerprint density at radius 2 is 1.68 bits per heavy atom. The van der Waals surface area contributed by atoms with Crippen molar-refractivity contribution in [3.63, 3.8) is 0 Å². The number of carboxylic acids is 1. The van der Waals surface area contributed by atoms with Gasteiger partial charge in [-0.15, -0.1) is 0 Å². The van der Waals surface area contributed by atoms with Gasteiger partial charge in [0.05, 0.1) is 11.1 Å². The molecule has 0 saturated carbocycles. The van der Waals surface area contributed by atoms with Crippen molar-refractivity contribution in [1.82, 2.24) is 5.32 Å². The molecule has 0 bridgehead atoms. The third kappa shape index (κ3) is 4.82. The fourth-order valence-electron chi connectivity index (χ4n) is 2.25. The molecule has 2 aromatic carbocycles. The fraction of sp³-hybridized carbons (Fsp3) is 0.176. The number of alkyl halides is 3. The topological polar surface area (TPSA) is 66.4 Å². The van der Waals surface area contributed by atoms with Crippen molar-refractivity contribution < 1.29 is 27.9 Å². The number of amides is 1. The number of hydrogen-bond donors (Lipinski definition) is 2. The molecule has 0 aliphatic rings. The van der Waals surface area contributed by atoms with Gasteiger partial charge in [-0.2, -0.15) is 13.2 Å². The largest absolute Gasteiger partial charge is 0.480 e. The van der Waals surface area contributed by atoms with Gasteiger partial charge in [-0.05, 0) is 23.8 Å². The molecule has 2 N–H and O–H groups in total. The molecule has 0 aliphatic heterocycles. The Morgan fingerprint density at radius 3 is 2.28 bits per heavy atom. The molecule has 0 fully saturated rings. The van der Waals surface area contributed by atoms with E-state index in [2.05, 4.69) is 21.2 Å². The Morgan fingerprint density at radius 1 is 1.08 bits per heavy atom. The summed E-state index contributed by atoms with van der Waals surface area (Å²) in [6.45, 7) is 0. The first-order valence-corrected chi connectivity index (χ1v) is 7.92. The lowest BCUT2D eigenvalue weighted by Crippen LogP contribution is -2.43. The number of carbonyl (C=O) groups excluding carboxylic acids is 1. The van der Waals surface area contributed by atoms with Gasteiger partial charge >= 0.3 is 12.1 Å². The van der Waals surface area contributed by atoms with E-state index >= 15 is 0 Å². The summed E-state index contributed by atoms with van der Waals surface area (Å²) in [5.74, 6) is -2.43. The third-order valence-corrected chi connectivity index (χ3v) is 4.24. The Kier molecular flexibility index (Phi) is 5.84. The SMILES string of the molecule is O=C(N[C@H](Cc1ccccc1Br)C(=O)O)c1ccccc1C(F)(F)F. The Bertz CT molecular complexity index is 793. The highest BCUT2D eigenvalue weighted by atomic mass is 79.9. The Hall–Kier alpha value is -2.35. The van der Waals surface area contributed by atoms with Gasteiger partial charge in [0.1, 0.15) is 6.04 Å². The van der Waals surface area contributed by atoms with Gasteiger partial charge in [0.2, 0.25) is 0 Å². The second-order valence-corrected chi connectivity index (χ2v) is 6.06. The standard InChI is InChI=1S/C17H13BrF3NO3/c18-13-8-4-1-5-10(13)9-14(16(24)25)22-15(23)11-6-2-3-7-12(11)17(19,20)21/h1-8,14H,9H2,(H,22,23)(H,24,25)/t14-/m1/s1. The smallest absolute Gasteiger partial charge is 0.417 e. The monoisotopic (exact) mass is 415 g/mol. The van der Waals surface area contributed by atoms with Gasteiger partial charge in [0.15, 0.2) is 0 Å². The van der Waals surface area contributed by atoms with E-state index in [1.54, 1.807) is 24.3 Å². The maximum absolute atomic E-state index is 13.0. The molecule has 25 heavy (non-hydrogen) atoms. The molecule has 0 aromatic heterocycles. The quantitative estimate of drug-likeness (QED) is 0.778.